The van der Waals surface area contributed by atoms with Crippen LogP contribution in [0, 0.1) is 13.8 Å². The van der Waals surface area contributed by atoms with E-state index in [2.05, 4.69) is 11.5 Å². The van der Waals surface area contributed by atoms with Crippen LogP contribution in [0.3, 0.4) is 0 Å². The van der Waals surface area contributed by atoms with Crippen molar-refractivity contribution in [2.45, 2.75) is 20.4 Å². The summed E-state index contributed by atoms with van der Waals surface area (Å²) in [6, 6.07) is 20.5. The monoisotopic (exact) mass is 398 g/mol. The minimum atomic E-state index is -0.935. The number of fused-ring (bicyclic) bond motifs is 1. The SMILES string of the molecule is Cc1c(C)n(Cc2ccc(-c3ccccc3C(=O)O)cc2)c2ccc(C(N)=O)cc12. The summed E-state index contributed by atoms with van der Waals surface area (Å²) in [4.78, 5) is 23.0. The van der Waals surface area contributed by atoms with Crippen LogP contribution in [0.5, 0.6) is 0 Å². The average molecular weight is 398 g/mol. The maximum absolute atomic E-state index is 11.5. The van der Waals surface area contributed by atoms with Crippen molar-refractivity contribution in [2.24, 2.45) is 5.73 Å². The molecule has 3 N–H and O–H groups in total. The molecule has 30 heavy (non-hydrogen) atoms. The Labute approximate surface area is 174 Å². The van der Waals surface area contributed by atoms with E-state index >= 15 is 0 Å². The third-order valence-electron chi connectivity index (χ3n) is 5.69. The van der Waals surface area contributed by atoms with Crippen molar-refractivity contribution >= 4 is 22.8 Å². The van der Waals surface area contributed by atoms with E-state index in [0.29, 0.717) is 23.2 Å². The molecule has 3 aromatic carbocycles. The lowest BCUT2D eigenvalue weighted by Crippen LogP contribution is -2.10. The largest absolute Gasteiger partial charge is 0.478 e. The van der Waals surface area contributed by atoms with E-state index in [1.54, 1.807) is 18.2 Å². The summed E-state index contributed by atoms with van der Waals surface area (Å²) in [5.41, 5.74) is 12.2. The topological polar surface area (TPSA) is 85.3 Å². The third kappa shape index (κ3) is 3.35. The van der Waals surface area contributed by atoms with Crippen molar-refractivity contribution in [1.29, 1.82) is 0 Å². The number of primary amides is 1. The second kappa shape index (κ2) is 7.52. The van der Waals surface area contributed by atoms with Gasteiger partial charge in [-0.05, 0) is 60.4 Å². The van der Waals surface area contributed by atoms with Gasteiger partial charge in [-0.3, -0.25) is 4.79 Å². The van der Waals surface area contributed by atoms with Gasteiger partial charge in [-0.25, -0.2) is 4.79 Å². The maximum Gasteiger partial charge on any atom is 0.336 e. The molecule has 1 aromatic heterocycles. The van der Waals surface area contributed by atoms with Gasteiger partial charge in [0, 0.05) is 28.7 Å². The average Bonchev–Trinajstić information content (AvgIpc) is 2.98. The molecule has 0 aliphatic rings. The van der Waals surface area contributed by atoms with Crippen LogP contribution in [0.1, 0.15) is 37.5 Å². The summed E-state index contributed by atoms with van der Waals surface area (Å²) >= 11 is 0. The van der Waals surface area contributed by atoms with Crippen LogP contribution in [0.15, 0.2) is 66.7 Å². The maximum atomic E-state index is 11.5. The number of benzene rings is 3. The van der Waals surface area contributed by atoms with Crippen LogP contribution in [0.2, 0.25) is 0 Å². The lowest BCUT2D eigenvalue weighted by molar-refractivity contribution is 0.0697. The van der Waals surface area contributed by atoms with Crippen molar-refractivity contribution in [3.05, 3.63) is 94.7 Å². The first kappa shape index (κ1) is 19.5. The summed E-state index contributed by atoms with van der Waals surface area (Å²) in [7, 11) is 0. The summed E-state index contributed by atoms with van der Waals surface area (Å²) in [5.74, 6) is -1.37. The molecule has 150 valence electrons. The molecule has 0 aliphatic carbocycles. The van der Waals surface area contributed by atoms with E-state index in [-0.39, 0.29) is 0 Å². The van der Waals surface area contributed by atoms with Crippen molar-refractivity contribution in [2.75, 3.05) is 0 Å². The van der Waals surface area contributed by atoms with Gasteiger partial charge in [0.1, 0.15) is 0 Å². The number of aromatic nitrogens is 1. The third-order valence-corrected chi connectivity index (χ3v) is 5.69. The predicted molar refractivity (Wildman–Crippen MR) is 118 cm³/mol. The van der Waals surface area contributed by atoms with Gasteiger partial charge in [-0.1, -0.05) is 42.5 Å². The van der Waals surface area contributed by atoms with Gasteiger partial charge in [0.05, 0.1) is 5.56 Å². The highest BCUT2D eigenvalue weighted by atomic mass is 16.4. The number of carbonyl (C=O) groups excluding carboxylic acids is 1. The molecule has 4 rings (SSSR count). The van der Waals surface area contributed by atoms with Crippen LogP contribution in [-0.2, 0) is 6.54 Å². The number of hydrogen-bond donors (Lipinski definition) is 2. The Kier molecular flexibility index (Phi) is 4.88. The van der Waals surface area contributed by atoms with Gasteiger partial charge in [0.25, 0.3) is 0 Å². The Bertz CT molecular complexity index is 1280. The minimum Gasteiger partial charge on any atom is -0.478 e. The van der Waals surface area contributed by atoms with Gasteiger partial charge < -0.3 is 15.4 Å². The van der Waals surface area contributed by atoms with Gasteiger partial charge in [0.2, 0.25) is 5.91 Å². The van der Waals surface area contributed by atoms with Crippen molar-refractivity contribution < 1.29 is 14.7 Å². The molecule has 5 nitrogen and oxygen atoms in total. The van der Waals surface area contributed by atoms with Gasteiger partial charge in [0.15, 0.2) is 0 Å². The number of aryl methyl sites for hydroxylation is 1. The highest BCUT2D eigenvalue weighted by molar-refractivity contribution is 5.98. The molecular weight excluding hydrogens is 376 g/mol. The molecule has 0 spiro atoms. The molecule has 0 aliphatic heterocycles. The van der Waals surface area contributed by atoms with E-state index in [1.807, 2.05) is 55.5 Å². The standard InChI is InChI=1S/C25H22N2O3/c1-15-16(2)27(23-12-11-19(24(26)28)13-22(15)23)14-17-7-9-18(10-8-17)20-5-3-4-6-21(20)25(29)30/h3-13H,14H2,1-2H3,(H2,26,28)(H,29,30). The van der Waals surface area contributed by atoms with E-state index in [1.165, 1.54) is 0 Å². The molecule has 0 atom stereocenters. The highest BCUT2D eigenvalue weighted by Gasteiger charge is 2.14. The number of nitrogens with two attached hydrogens (primary N) is 1. The van der Waals surface area contributed by atoms with Crippen LogP contribution in [-0.4, -0.2) is 21.6 Å². The Morgan fingerprint density at radius 3 is 2.33 bits per heavy atom. The van der Waals surface area contributed by atoms with Crippen LogP contribution in [0.4, 0.5) is 0 Å². The number of nitrogens with zero attached hydrogens (tertiary/aromatic N) is 1. The number of carbonyl (C=O) groups is 2. The number of aromatic carboxylic acids is 1. The zero-order valence-corrected chi connectivity index (χ0v) is 16.8. The molecule has 0 bridgehead atoms. The van der Waals surface area contributed by atoms with Crippen LogP contribution in [0.25, 0.3) is 22.0 Å². The first-order chi connectivity index (χ1) is 14.4. The second-order valence-electron chi connectivity index (χ2n) is 7.44. The van der Waals surface area contributed by atoms with Gasteiger partial charge >= 0.3 is 5.97 Å². The van der Waals surface area contributed by atoms with E-state index in [4.69, 9.17) is 5.73 Å². The molecule has 4 aromatic rings. The van der Waals surface area contributed by atoms with E-state index in [0.717, 1.165) is 33.3 Å². The molecule has 0 radical (unpaired) electrons. The van der Waals surface area contributed by atoms with Crippen LogP contribution < -0.4 is 5.73 Å². The van der Waals surface area contributed by atoms with Crippen LogP contribution >= 0.6 is 0 Å². The smallest absolute Gasteiger partial charge is 0.336 e. The van der Waals surface area contributed by atoms with Crippen molar-refractivity contribution in [1.82, 2.24) is 4.57 Å². The Morgan fingerprint density at radius 2 is 1.67 bits per heavy atom. The molecule has 0 saturated carbocycles. The Balaban J connectivity index is 1.69. The molecule has 1 heterocycles. The summed E-state index contributed by atoms with van der Waals surface area (Å²) in [6.07, 6.45) is 0. The zero-order chi connectivity index (χ0) is 21.4. The normalized spacial score (nSPS) is 11.0. The quantitative estimate of drug-likeness (QED) is 0.508. The number of hydrogen-bond acceptors (Lipinski definition) is 2. The van der Waals surface area contributed by atoms with E-state index in [9.17, 15) is 14.7 Å². The minimum absolute atomic E-state index is 0.290. The molecule has 0 fully saturated rings. The number of carboxylic acids is 1. The lowest BCUT2D eigenvalue weighted by atomic mass is 9.99. The fraction of sp³-hybridized carbons (Fsp3) is 0.120. The number of rotatable bonds is 5. The molecule has 0 unspecified atom stereocenters. The molecule has 1 amide bonds. The predicted octanol–water partition coefficient (Wildman–Crippen LogP) is 4.77. The fourth-order valence-corrected chi connectivity index (χ4v) is 3.90. The van der Waals surface area contributed by atoms with E-state index < -0.39 is 11.9 Å². The summed E-state index contributed by atoms with van der Waals surface area (Å²) < 4.78 is 2.22. The molecule has 5 heteroatoms. The first-order valence-corrected chi connectivity index (χ1v) is 9.67. The number of amides is 1. The van der Waals surface area contributed by atoms with Crippen molar-refractivity contribution in [3.8, 4) is 11.1 Å². The second-order valence-corrected chi connectivity index (χ2v) is 7.44. The summed E-state index contributed by atoms with van der Waals surface area (Å²) in [5, 5.41) is 10.5. The first-order valence-electron chi connectivity index (χ1n) is 9.67. The molecular formula is C25H22N2O3. The lowest BCUT2D eigenvalue weighted by Gasteiger charge is -2.11. The fourth-order valence-electron chi connectivity index (χ4n) is 3.90. The van der Waals surface area contributed by atoms with Gasteiger partial charge in [-0.15, -0.1) is 0 Å². The van der Waals surface area contributed by atoms with Gasteiger partial charge in [-0.2, -0.15) is 0 Å². The summed E-state index contributed by atoms with van der Waals surface area (Å²) in [6.45, 7) is 4.79. The van der Waals surface area contributed by atoms with Crippen molar-refractivity contribution in [3.63, 3.8) is 0 Å². The Hall–Kier alpha value is -3.86. The Morgan fingerprint density at radius 1 is 0.967 bits per heavy atom. The number of carboxylic acid groups (broad SMARTS) is 1. The zero-order valence-electron chi connectivity index (χ0n) is 16.8. The highest BCUT2D eigenvalue weighted by Crippen LogP contribution is 2.28. The molecule has 0 saturated heterocycles.